The number of benzene rings is 1. The Morgan fingerprint density at radius 1 is 1.03 bits per heavy atom. The van der Waals surface area contributed by atoms with Crippen LogP contribution in [0.5, 0.6) is 17.4 Å². The van der Waals surface area contributed by atoms with E-state index in [-0.39, 0.29) is 37.3 Å². The fourth-order valence-electron chi connectivity index (χ4n) is 9.05. The quantitative estimate of drug-likeness (QED) is 0.198. The SMILES string of the molecule is COc1ccc2c(O[C@@H]3C[C@H]4C(=O)N[C@]5(C(=O)NS(=O)(=O)C6CC6)C[C@H]5/C=C\CC[C@H](C)C[C@@H](C)[C@H](N(C(=O)O)C(C)(C)C)C(=O)N4C3)nc(-c3ccc(OC(C)C)cn3)cc2c1. The third kappa shape index (κ3) is 9.87. The van der Waals surface area contributed by atoms with Gasteiger partial charge in [-0.1, -0.05) is 26.0 Å². The van der Waals surface area contributed by atoms with Gasteiger partial charge in [-0.2, -0.15) is 0 Å². The number of fused-ring (bicyclic) bond motifs is 3. The number of hydrogen-bond acceptors (Lipinski definition) is 11. The van der Waals surface area contributed by atoms with Gasteiger partial charge >= 0.3 is 6.09 Å². The number of hydrogen-bond donors (Lipinski definition) is 3. The Morgan fingerprint density at radius 3 is 2.40 bits per heavy atom. The maximum absolute atomic E-state index is 15.3. The molecule has 7 rings (SSSR count). The lowest BCUT2D eigenvalue weighted by atomic mass is 9.85. The van der Waals surface area contributed by atoms with Gasteiger partial charge in [-0.25, -0.2) is 18.2 Å². The molecule has 16 nitrogen and oxygen atoms in total. The van der Waals surface area contributed by atoms with E-state index in [0.29, 0.717) is 54.0 Å². The molecule has 4 aliphatic rings. The summed E-state index contributed by atoms with van der Waals surface area (Å²) in [5, 5.41) is 14.3. The van der Waals surface area contributed by atoms with Crippen LogP contribution in [0.1, 0.15) is 93.4 Å². The number of pyridine rings is 2. The lowest BCUT2D eigenvalue weighted by Gasteiger charge is -2.43. The van der Waals surface area contributed by atoms with Crippen molar-refractivity contribution in [3.8, 4) is 28.8 Å². The van der Waals surface area contributed by atoms with Crippen molar-refractivity contribution >= 4 is 44.6 Å². The molecule has 0 bridgehead atoms. The van der Waals surface area contributed by atoms with Crippen molar-refractivity contribution in [1.29, 1.82) is 0 Å². The first-order valence-corrected chi connectivity index (χ1v) is 23.4. The normalized spacial score (nSPS) is 27.3. The minimum absolute atomic E-state index is 0.0424. The molecule has 2 aliphatic carbocycles. The molecule has 63 heavy (non-hydrogen) atoms. The molecule has 17 heteroatoms. The fraction of sp³-hybridized carbons (Fsp3) is 0.565. The number of carbonyl (C=O) groups is 4. The van der Waals surface area contributed by atoms with Crippen LogP contribution >= 0.6 is 0 Å². The third-order valence-corrected chi connectivity index (χ3v) is 14.3. The molecule has 2 saturated carbocycles. The number of allylic oxidation sites excluding steroid dienone is 1. The monoisotopic (exact) mass is 888 g/mol. The summed E-state index contributed by atoms with van der Waals surface area (Å²) in [6, 6.07) is 8.47. The minimum Gasteiger partial charge on any atom is -0.497 e. The summed E-state index contributed by atoms with van der Waals surface area (Å²) >= 11 is 0. The van der Waals surface area contributed by atoms with E-state index < -0.39 is 80.2 Å². The molecule has 3 N–H and O–H groups in total. The number of aromatic nitrogens is 2. The third-order valence-electron chi connectivity index (χ3n) is 12.4. The lowest BCUT2D eigenvalue weighted by molar-refractivity contribution is -0.146. The van der Waals surface area contributed by atoms with Gasteiger partial charge in [-0.15, -0.1) is 0 Å². The average molecular weight is 889 g/mol. The standard InChI is InChI=1S/C46H60N6O10S/c1-26(2)61-32-14-18-36(47-24-32)37-21-29-20-31(60-8)13-17-35(29)41(48-37)62-33-22-38-40(53)49-46(43(55)50-63(58,59)34-15-16-34)23-30(46)12-10-9-11-27(3)19-28(4)39(42(54)51(38)25-33)52(44(56)57)45(5,6)7/h10,12-14,17-18,20-21,24,26-28,30,33-34,38-39H,9,11,15-16,19,22-23,25H2,1-8H3,(H,49,53)(H,50,55)(H,56,57)/b12-10-/t27-,28+,30+,33+,38-,39-,46+/m0/s1. The predicted molar refractivity (Wildman–Crippen MR) is 236 cm³/mol. The Labute approximate surface area is 369 Å². The van der Waals surface area contributed by atoms with Gasteiger partial charge in [0, 0.05) is 23.3 Å². The second-order valence-corrected chi connectivity index (χ2v) is 20.9. The fourth-order valence-corrected chi connectivity index (χ4v) is 10.4. The molecule has 2 aliphatic heterocycles. The maximum atomic E-state index is 15.3. The molecule has 2 aromatic heterocycles. The topological polar surface area (TPSA) is 207 Å². The predicted octanol–water partition coefficient (Wildman–Crippen LogP) is 6.08. The van der Waals surface area contributed by atoms with Gasteiger partial charge < -0.3 is 29.5 Å². The Hall–Kier alpha value is -5.45. The number of nitrogens with zero attached hydrogens (tertiary/aromatic N) is 4. The van der Waals surface area contributed by atoms with Crippen LogP contribution in [0.3, 0.4) is 0 Å². The maximum Gasteiger partial charge on any atom is 0.408 e. The second kappa shape index (κ2) is 17.6. The summed E-state index contributed by atoms with van der Waals surface area (Å²) in [4.78, 5) is 69.3. The van der Waals surface area contributed by atoms with Gasteiger partial charge in [-0.05, 0) is 127 Å². The van der Waals surface area contributed by atoms with Gasteiger partial charge in [0.2, 0.25) is 27.7 Å². The summed E-state index contributed by atoms with van der Waals surface area (Å²) in [7, 11) is -2.39. The summed E-state index contributed by atoms with van der Waals surface area (Å²) in [6.07, 6.45) is 6.16. The molecule has 4 heterocycles. The number of sulfonamides is 1. The van der Waals surface area contributed by atoms with E-state index in [4.69, 9.17) is 19.2 Å². The average Bonchev–Trinajstić information content (AvgIpc) is 4.14. The molecule has 0 spiro atoms. The highest BCUT2D eigenvalue weighted by Crippen LogP contribution is 2.46. The summed E-state index contributed by atoms with van der Waals surface area (Å²) in [5.41, 5.74) is -1.56. The molecular formula is C46H60N6O10S. The van der Waals surface area contributed by atoms with Gasteiger partial charge in [0.25, 0.3) is 5.91 Å². The molecule has 0 radical (unpaired) electrons. The van der Waals surface area contributed by atoms with Crippen molar-refractivity contribution in [3.05, 3.63) is 54.7 Å². The van der Waals surface area contributed by atoms with Crippen molar-refractivity contribution in [2.75, 3.05) is 13.7 Å². The molecule has 7 atom stereocenters. The largest absolute Gasteiger partial charge is 0.497 e. The molecule has 340 valence electrons. The van der Waals surface area contributed by atoms with E-state index in [1.165, 1.54) is 9.80 Å². The second-order valence-electron chi connectivity index (χ2n) is 19.0. The van der Waals surface area contributed by atoms with Crippen molar-refractivity contribution in [2.24, 2.45) is 17.8 Å². The number of amides is 4. The highest BCUT2D eigenvalue weighted by atomic mass is 32.2. The van der Waals surface area contributed by atoms with Gasteiger partial charge in [0.15, 0.2) is 0 Å². The summed E-state index contributed by atoms with van der Waals surface area (Å²) < 4.78 is 46.3. The lowest BCUT2D eigenvalue weighted by Crippen LogP contribution is -2.62. The highest BCUT2D eigenvalue weighted by Gasteiger charge is 2.62. The van der Waals surface area contributed by atoms with Crippen LogP contribution in [-0.2, 0) is 24.4 Å². The van der Waals surface area contributed by atoms with Crippen molar-refractivity contribution in [3.63, 3.8) is 0 Å². The zero-order valence-electron chi connectivity index (χ0n) is 37.3. The number of carbonyl (C=O) groups excluding carboxylic acids is 3. The van der Waals surface area contributed by atoms with Gasteiger partial charge in [0.05, 0.1) is 42.6 Å². The number of carboxylic acid groups (broad SMARTS) is 1. The van der Waals surface area contributed by atoms with E-state index in [2.05, 4.69) is 21.9 Å². The Balaban J connectivity index is 1.29. The van der Waals surface area contributed by atoms with Crippen molar-refractivity contribution in [2.45, 2.75) is 134 Å². The van der Waals surface area contributed by atoms with Crippen LogP contribution in [0, 0.1) is 17.8 Å². The molecule has 1 aromatic carbocycles. The number of rotatable bonds is 10. The first-order valence-electron chi connectivity index (χ1n) is 21.9. The minimum atomic E-state index is -3.95. The van der Waals surface area contributed by atoms with Crippen molar-refractivity contribution < 1.29 is 46.9 Å². The number of methoxy groups -OCH3 is 1. The van der Waals surface area contributed by atoms with E-state index in [1.807, 2.05) is 51.1 Å². The zero-order chi connectivity index (χ0) is 45.6. The molecule has 3 aromatic rings. The Kier molecular flexibility index (Phi) is 12.7. The van der Waals surface area contributed by atoms with E-state index in [0.717, 1.165) is 11.8 Å². The first-order chi connectivity index (χ1) is 29.7. The van der Waals surface area contributed by atoms with Crippen LogP contribution < -0.4 is 24.2 Å². The van der Waals surface area contributed by atoms with E-state index >= 15 is 4.79 Å². The van der Waals surface area contributed by atoms with E-state index in [1.54, 1.807) is 52.3 Å². The van der Waals surface area contributed by atoms with Crippen LogP contribution in [0.2, 0.25) is 0 Å². The Bertz CT molecular complexity index is 2380. The Morgan fingerprint density at radius 2 is 1.76 bits per heavy atom. The van der Waals surface area contributed by atoms with Crippen LogP contribution in [0.15, 0.2) is 54.7 Å². The van der Waals surface area contributed by atoms with Crippen LogP contribution in [-0.4, -0.2) is 111 Å². The molecule has 3 fully saturated rings. The van der Waals surface area contributed by atoms with Gasteiger partial charge in [0.1, 0.15) is 35.2 Å². The van der Waals surface area contributed by atoms with Gasteiger partial charge in [-0.3, -0.25) is 29.0 Å². The smallest absolute Gasteiger partial charge is 0.408 e. The molecular weight excluding hydrogens is 829 g/mol. The van der Waals surface area contributed by atoms with Crippen LogP contribution in [0.25, 0.3) is 22.2 Å². The highest BCUT2D eigenvalue weighted by molar-refractivity contribution is 7.91. The number of nitrogens with one attached hydrogen (secondary N) is 2. The molecule has 0 unspecified atom stereocenters. The summed E-state index contributed by atoms with van der Waals surface area (Å²) in [5.74, 6) is -1.53. The molecule has 1 saturated heterocycles. The van der Waals surface area contributed by atoms with E-state index in [9.17, 15) is 27.9 Å². The molecule has 4 amide bonds. The summed E-state index contributed by atoms with van der Waals surface area (Å²) in [6.45, 7) is 12.9. The number of ether oxygens (including phenoxy) is 3. The van der Waals surface area contributed by atoms with Crippen LogP contribution in [0.4, 0.5) is 4.79 Å². The van der Waals surface area contributed by atoms with Crippen molar-refractivity contribution in [1.82, 2.24) is 29.8 Å². The first kappa shape index (κ1) is 45.6. The zero-order valence-corrected chi connectivity index (χ0v) is 38.1.